The highest BCUT2D eigenvalue weighted by molar-refractivity contribution is 5.90. The van der Waals surface area contributed by atoms with E-state index in [4.69, 9.17) is 0 Å². The molecule has 2 aliphatic rings. The largest absolute Gasteiger partial charge is 0.392 e. The normalized spacial score (nSPS) is 35.6. The summed E-state index contributed by atoms with van der Waals surface area (Å²) in [6, 6.07) is 0. The van der Waals surface area contributed by atoms with Gasteiger partial charge >= 0.3 is 0 Å². The number of ketones is 1. The highest BCUT2D eigenvalue weighted by Crippen LogP contribution is 2.38. The van der Waals surface area contributed by atoms with Crippen molar-refractivity contribution in [3.05, 3.63) is 10.1 Å². The maximum Gasteiger partial charge on any atom is 0.279 e. The average Bonchev–Trinajstić information content (AvgIpc) is 2.48. The van der Waals surface area contributed by atoms with Crippen LogP contribution in [0.2, 0.25) is 0 Å². The third-order valence-corrected chi connectivity index (χ3v) is 5.57. The number of aliphatic hydroxyl groups is 1. The van der Waals surface area contributed by atoms with Gasteiger partial charge in [-0.25, -0.2) is 0 Å². The van der Waals surface area contributed by atoms with Gasteiger partial charge in [0.2, 0.25) is 5.78 Å². The Bertz CT molecular complexity index is 398. The fourth-order valence-corrected chi connectivity index (χ4v) is 4.09. The van der Waals surface area contributed by atoms with E-state index >= 15 is 0 Å². The molecule has 0 heterocycles. The van der Waals surface area contributed by atoms with Crippen LogP contribution in [0.25, 0.3) is 0 Å². The third-order valence-electron chi connectivity index (χ3n) is 5.57. The zero-order chi connectivity index (χ0) is 16.0. The number of Topliss-reactive ketones (excluding diaryl/α,β-unsaturated/α-hetero) is 1. The Morgan fingerprint density at radius 2 is 1.45 bits per heavy atom. The second kappa shape index (κ2) is 8.04. The van der Waals surface area contributed by atoms with Crippen LogP contribution in [0.1, 0.15) is 83.5 Å². The molecule has 5 heteroatoms. The van der Waals surface area contributed by atoms with Crippen LogP contribution in [0.5, 0.6) is 0 Å². The first-order valence-electron chi connectivity index (χ1n) is 8.95. The van der Waals surface area contributed by atoms with Crippen LogP contribution in [0.15, 0.2) is 0 Å². The Balaban J connectivity index is 2.13. The quantitative estimate of drug-likeness (QED) is 0.592. The summed E-state index contributed by atoms with van der Waals surface area (Å²) >= 11 is 0. The molecule has 5 nitrogen and oxygen atoms in total. The van der Waals surface area contributed by atoms with Gasteiger partial charge in [-0.2, -0.15) is 0 Å². The van der Waals surface area contributed by atoms with Gasteiger partial charge < -0.3 is 5.11 Å². The summed E-state index contributed by atoms with van der Waals surface area (Å²) in [5.41, 5.74) is -1.42. The van der Waals surface area contributed by atoms with Crippen LogP contribution in [0.3, 0.4) is 0 Å². The molecule has 2 aliphatic carbocycles. The first-order chi connectivity index (χ1) is 10.6. The second-order valence-corrected chi connectivity index (χ2v) is 7.09. The molecule has 22 heavy (non-hydrogen) atoms. The standard InChI is InChI=1S/C17H29NO4/c19-15-11-13-17(18(21)22)12-9-7-5-3-1-2-4-6-8-10-14(15)16(17)20/h14-15,19H,1-13H2/t14-,15+,17+/m1/s1. The first kappa shape index (κ1) is 17.4. The Hall–Kier alpha value is -0.970. The molecular weight excluding hydrogens is 282 g/mol. The number of carbonyl (C=O) groups excluding carboxylic acids is 1. The molecular formula is C17H29NO4. The number of carbonyl (C=O) groups is 1. The van der Waals surface area contributed by atoms with Crippen molar-refractivity contribution in [3.63, 3.8) is 0 Å². The number of rotatable bonds is 1. The molecule has 0 aliphatic heterocycles. The molecule has 0 saturated heterocycles. The number of hydrogen-bond acceptors (Lipinski definition) is 4. The minimum atomic E-state index is -1.42. The summed E-state index contributed by atoms with van der Waals surface area (Å²) in [5.74, 6) is -0.824. The van der Waals surface area contributed by atoms with E-state index in [2.05, 4.69) is 0 Å². The fourth-order valence-electron chi connectivity index (χ4n) is 4.09. The monoisotopic (exact) mass is 311 g/mol. The van der Waals surface area contributed by atoms with Gasteiger partial charge in [0.25, 0.3) is 5.54 Å². The molecule has 0 amide bonds. The Labute approximate surface area is 132 Å². The SMILES string of the molecule is O=C1[C@@H]2CCCCCCCCCCC[C@]1([N+](=O)[O-])CC[C@@H]2O. The summed E-state index contributed by atoms with van der Waals surface area (Å²) < 4.78 is 0. The first-order valence-corrected chi connectivity index (χ1v) is 8.95. The van der Waals surface area contributed by atoms with Gasteiger partial charge in [-0.05, 0) is 19.3 Å². The van der Waals surface area contributed by atoms with Crippen LogP contribution < -0.4 is 0 Å². The Kier molecular flexibility index (Phi) is 6.36. The average molecular weight is 311 g/mol. The molecule has 0 radical (unpaired) electrons. The Morgan fingerprint density at radius 3 is 2.05 bits per heavy atom. The van der Waals surface area contributed by atoms with Crippen molar-refractivity contribution >= 4 is 5.78 Å². The molecule has 2 fully saturated rings. The molecule has 1 N–H and O–H groups in total. The zero-order valence-corrected chi connectivity index (χ0v) is 13.5. The molecule has 3 atom stereocenters. The van der Waals surface area contributed by atoms with E-state index in [0.29, 0.717) is 19.3 Å². The van der Waals surface area contributed by atoms with Gasteiger partial charge in [-0.15, -0.1) is 0 Å². The lowest BCUT2D eigenvalue weighted by Gasteiger charge is -2.35. The third kappa shape index (κ3) is 3.86. The van der Waals surface area contributed by atoms with Crippen molar-refractivity contribution in [2.24, 2.45) is 5.92 Å². The van der Waals surface area contributed by atoms with Crippen LogP contribution in [-0.2, 0) is 4.79 Å². The molecule has 0 aromatic carbocycles. The van der Waals surface area contributed by atoms with Crippen molar-refractivity contribution < 1.29 is 14.8 Å². The van der Waals surface area contributed by atoms with Gasteiger partial charge in [0.1, 0.15) is 0 Å². The molecule has 0 spiro atoms. The van der Waals surface area contributed by atoms with Crippen LogP contribution >= 0.6 is 0 Å². The van der Waals surface area contributed by atoms with E-state index in [-0.39, 0.29) is 17.1 Å². The Morgan fingerprint density at radius 1 is 0.909 bits per heavy atom. The van der Waals surface area contributed by atoms with Crippen molar-refractivity contribution in [3.8, 4) is 0 Å². The van der Waals surface area contributed by atoms with Gasteiger partial charge in [-0.3, -0.25) is 14.9 Å². The molecule has 0 aromatic heterocycles. The lowest BCUT2D eigenvalue weighted by molar-refractivity contribution is -0.557. The molecule has 2 rings (SSSR count). The van der Waals surface area contributed by atoms with Gasteiger partial charge in [0, 0.05) is 17.8 Å². The van der Waals surface area contributed by atoms with Crippen molar-refractivity contribution in [2.75, 3.05) is 0 Å². The van der Waals surface area contributed by atoms with Crippen LogP contribution in [-0.4, -0.2) is 27.5 Å². The maximum absolute atomic E-state index is 12.8. The lowest BCUT2D eigenvalue weighted by atomic mass is 9.69. The molecule has 126 valence electrons. The molecule has 0 aromatic rings. The van der Waals surface area contributed by atoms with Crippen LogP contribution in [0, 0.1) is 16.0 Å². The molecule has 2 bridgehead atoms. The summed E-state index contributed by atoms with van der Waals surface area (Å²) in [6.07, 6.45) is 10.5. The molecule has 0 unspecified atom stereocenters. The topological polar surface area (TPSA) is 80.4 Å². The van der Waals surface area contributed by atoms with E-state index in [9.17, 15) is 20.0 Å². The summed E-state index contributed by atoms with van der Waals surface area (Å²) in [4.78, 5) is 24.1. The minimum absolute atomic E-state index is 0.205. The van der Waals surface area contributed by atoms with Gasteiger partial charge in [0.15, 0.2) is 0 Å². The lowest BCUT2D eigenvalue weighted by Crippen LogP contribution is -2.55. The minimum Gasteiger partial charge on any atom is -0.392 e. The summed E-state index contributed by atoms with van der Waals surface area (Å²) in [5, 5.41) is 21.8. The van der Waals surface area contributed by atoms with Crippen LogP contribution in [0.4, 0.5) is 0 Å². The van der Waals surface area contributed by atoms with E-state index in [1.165, 1.54) is 19.3 Å². The van der Waals surface area contributed by atoms with Crippen molar-refractivity contribution in [1.29, 1.82) is 0 Å². The molecule has 2 saturated carbocycles. The van der Waals surface area contributed by atoms with Crippen molar-refractivity contribution in [1.82, 2.24) is 0 Å². The maximum atomic E-state index is 12.8. The highest BCUT2D eigenvalue weighted by atomic mass is 16.6. The summed E-state index contributed by atoms with van der Waals surface area (Å²) in [7, 11) is 0. The predicted molar refractivity (Wildman–Crippen MR) is 84.3 cm³/mol. The second-order valence-electron chi connectivity index (χ2n) is 7.09. The number of aliphatic hydroxyl groups excluding tert-OH is 1. The van der Waals surface area contributed by atoms with E-state index in [0.717, 1.165) is 38.5 Å². The number of nitrogens with zero attached hydrogens (tertiary/aromatic N) is 1. The zero-order valence-electron chi connectivity index (χ0n) is 13.5. The fraction of sp³-hybridized carbons (Fsp3) is 0.941. The van der Waals surface area contributed by atoms with E-state index < -0.39 is 17.6 Å². The van der Waals surface area contributed by atoms with Gasteiger partial charge in [0.05, 0.1) is 12.0 Å². The number of hydrogen-bond donors (Lipinski definition) is 1. The smallest absolute Gasteiger partial charge is 0.279 e. The van der Waals surface area contributed by atoms with Crippen molar-refractivity contribution in [2.45, 2.75) is 95.1 Å². The van der Waals surface area contributed by atoms with E-state index in [1.54, 1.807) is 0 Å². The predicted octanol–water partition coefficient (Wildman–Crippen LogP) is 3.65. The summed E-state index contributed by atoms with van der Waals surface area (Å²) in [6.45, 7) is 0. The van der Waals surface area contributed by atoms with E-state index in [1.807, 2.05) is 0 Å². The highest BCUT2D eigenvalue weighted by Gasteiger charge is 2.56. The van der Waals surface area contributed by atoms with Gasteiger partial charge in [-0.1, -0.05) is 51.4 Å². The number of fused-ring (bicyclic) bond motifs is 2. The number of nitro groups is 1.